The maximum atomic E-state index is 5.94. The van der Waals surface area contributed by atoms with E-state index in [1.165, 1.54) is 18.5 Å². The van der Waals surface area contributed by atoms with Crippen LogP contribution in [0.15, 0.2) is 0 Å². The first-order valence-electron chi connectivity index (χ1n) is 7.89. The molecule has 0 heterocycles. The zero-order valence-electron chi connectivity index (χ0n) is 14.5. The van der Waals surface area contributed by atoms with E-state index in [9.17, 15) is 0 Å². The monoisotopic (exact) mass is 304 g/mol. The molecule has 0 bridgehead atoms. The molecule has 0 aromatic heterocycles. The van der Waals surface area contributed by atoms with Crippen molar-refractivity contribution in [3.8, 4) is 0 Å². The summed E-state index contributed by atoms with van der Waals surface area (Å²) in [5, 5.41) is 0. The zero-order chi connectivity index (χ0) is 15.1. The average Bonchev–Trinajstić information content (AvgIpc) is 2.13. The summed E-state index contributed by atoms with van der Waals surface area (Å²) in [7, 11) is -2.85. The Morgan fingerprint density at radius 2 is 1.05 bits per heavy atom. The molecule has 0 rings (SSSR count). The number of hydrogen-bond acceptors (Lipinski definition) is 2. The summed E-state index contributed by atoms with van der Waals surface area (Å²) < 4.78 is 11.9. The van der Waals surface area contributed by atoms with Gasteiger partial charge in [0.1, 0.15) is 0 Å². The van der Waals surface area contributed by atoms with Crippen LogP contribution in [0, 0.1) is 11.8 Å². The van der Waals surface area contributed by atoms with E-state index in [4.69, 9.17) is 8.85 Å². The quantitative estimate of drug-likeness (QED) is 0.521. The second kappa shape index (κ2) is 8.60. The van der Waals surface area contributed by atoms with E-state index in [0.29, 0.717) is 0 Å². The molecule has 0 aromatic rings. The molecule has 0 N–H and O–H groups in total. The van der Waals surface area contributed by atoms with Crippen LogP contribution in [0.1, 0.15) is 34.1 Å². The lowest BCUT2D eigenvalue weighted by molar-refractivity contribution is 0.311. The van der Waals surface area contributed by atoms with Crippen molar-refractivity contribution in [3.05, 3.63) is 0 Å². The summed E-state index contributed by atoms with van der Waals surface area (Å²) in [6.07, 6.45) is 1.31. The molecule has 116 valence electrons. The van der Waals surface area contributed by atoms with Gasteiger partial charge < -0.3 is 8.85 Å². The second-order valence-corrected chi connectivity index (χ2v) is 15.7. The predicted octanol–water partition coefficient (Wildman–Crippen LogP) is 5.13. The van der Waals surface area contributed by atoms with Crippen LogP contribution in [0.4, 0.5) is 0 Å². The van der Waals surface area contributed by atoms with Crippen LogP contribution in [-0.2, 0) is 8.85 Å². The first-order chi connectivity index (χ1) is 8.62. The van der Waals surface area contributed by atoms with Crippen molar-refractivity contribution in [3.63, 3.8) is 0 Å². The van der Waals surface area contributed by atoms with Gasteiger partial charge in [0.05, 0.1) is 0 Å². The van der Waals surface area contributed by atoms with Crippen LogP contribution >= 0.6 is 0 Å². The van der Waals surface area contributed by atoms with Gasteiger partial charge in [-0.15, -0.1) is 0 Å². The third-order valence-corrected chi connectivity index (χ3v) is 9.06. The van der Waals surface area contributed by atoms with E-state index in [-0.39, 0.29) is 0 Å². The molecule has 2 nitrogen and oxygen atoms in total. The smallest absolute Gasteiger partial charge is 0.186 e. The Bertz CT molecular complexity index is 218. The summed E-state index contributed by atoms with van der Waals surface area (Å²) in [5.41, 5.74) is 0. The highest BCUT2D eigenvalue weighted by Crippen LogP contribution is 2.28. The van der Waals surface area contributed by atoms with E-state index in [2.05, 4.69) is 53.9 Å². The Labute approximate surface area is 123 Å². The van der Waals surface area contributed by atoms with Crippen molar-refractivity contribution in [1.29, 1.82) is 0 Å². The average molecular weight is 305 g/mol. The fraction of sp³-hybridized carbons (Fsp3) is 1.00. The maximum Gasteiger partial charge on any atom is 0.186 e. The van der Waals surface area contributed by atoms with Crippen molar-refractivity contribution in [2.24, 2.45) is 11.8 Å². The highest BCUT2D eigenvalue weighted by molar-refractivity contribution is 6.71. The van der Waals surface area contributed by atoms with Crippen molar-refractivity contribution >= 4 is 16.6 Å². The van der Waals surface area contributed by atoms with Crippen LogP contribution in [0.2, 0.25) is 38.3 Å². The van der Waals surface area contributed by atoms with Gasteiger partial charge in [-0.25, -0.2) is 0 Å². The summed E-state index contributed by atoms with van der Waals surface area (Å²) in [6.45, 7) is 20.1. The van der Waals surface area contributed by atoms with Gasteiger partial charge in [0, 0.05) is 13.2 Å². The number of rotatable bonds is 10. The summed E-state index contributed by atoms with van der Waals surface area (Å²) >= 11 is 0. The maximum absolute atomic E-state index is 5.94. The first-order valence-corrected chi connectivity index (χ1v) is 14.1. The van der Waals surface area contributed by atoms with Gasteiger partial charge >= 0.3 is 0 Å². The largest absolute Gasteiger partial charge is 0.418 e. The lowest BCUT2D eigenvalue weighted by Gasteiger charge is -2.29. The van der Waals surface area contributed by atoms with E-state index >= 15 is 0 Å². The Kier molecular flexibility index (Phi) is 8.76. The van der Waals surface area contributed by atoms with E-state index in [1.54, 1.807) is 0 Å². The molecule has 0 aliphatic carbocycles. The van der Waals surface area contributed by atoms with Crippen LogP contribution in [-0.4, -0.2) is 29.8 Å². The first kappa shape index (κ1) is 19.4. The molecule has 0 aromatic carbocycles. The highest BCUT2D eigenvalue weighted by Gasteiger charge is 2.28. The Morgan fingerprint density at radius 3 is 1.32 bits per heavy atom. The van der Waals surface area contributed by atoms with E-state index in [0.717, 1.165) is 25.0 Å². The fourth-order valence-electron chi connectivity index (χ4n) is 3.43. The number of hydrogen-bond donors (Lipinski definition) is 0. The predicted molar refractivity (Wildman–Crippen MR) is 90.8 cm³/mol. The Balaban J connectivity index is 4.15. The topological polar surface area (TPSA) is 18.5 Å². The van der Waals surface area contributed by atoms with Gasteiger partial charge in [-0.3, -0.25) is 0 Å². The van der Waals surface area contributed by atoms with Gasteiger partial charge in [0.25, 0.3) is 0 Å². The Hall–Kier alpha value is 0.354. The molecule has 0 saturated carbocycles. The molecule has 0 saturated heterocycles. The van der Waals surface area contributed by atoms with Crippen molar-refractivity contribution in [2.45, 2.75) is 72.4 Å². The minimum Gasteiger partial charge on any atom is -0.418 e. The normalized spacial score (nSPS) is 16.4. The molecule has 2 unspecified atom stereocenters. The molecule has 4 heteroatoms. The van der Waals surface area contributed by atoms with Crippen LogP contribution in [0.3, 0.4) is 0 Å². The van der Waals surface area contributed by atoms with Gasteiger partial charge in [-0.2, -0.15) is 0 Å². The molecule has 0 aliphatic rings. The molecule has 19 heavy (non-hydrogen) atoms. The standard InChI is InChI=1S/C15H36O2Si2/c1-9-16-18(5,6)12-14(3)11-15(4)13-19(7,8)17-10-2/h14-15H,9-13H2,1-8H3. The summed E-state index contributed by atoms with van der Waals surface area (Å²) in [6, 6.07) is 2.56. The molecular formula is C15H36O2Si2. The lowest BCUT2D eigenvalue weighted by Crippen LogP contribution is -2.34. The zero-order valence-corrected chi connectivity index (χ0v) is 16.5. The van der Waals surface area contributed by atoms with Crippen LogP contribution < -0.4 is 0 Å². The van der Waals surface area contributed by atoms with Gasteiger partial charge in [0.2, 0.25) is 0 Å². The van der Waals surface area contributed by atoms with Crippen LogP contribution in [0.25, 0.3) is 0 Å². The van der Waals surface area contributed by atoms with Gasteiger partial charge in [-0.05, 0) is 70.4 Å². The molecule has 0 amide bonds. The van der Waals surface area contributed by atoms with Crippen molar-refractivity contribution in [1.82, 2.24) is 0 Å². The highest BCUT2D eigenvalue weighted by atomic mass is 28.4. The van der Waals surface area contributed by atoms with Crippen molar-refractivity contribution in [2.75, 3.05) is 13.2 Å². The Morgan fingerprint density at radius 1 is 0.737 bits per heavy atom. The molecule has 2 atom stereocenters. The summed E-state index contributed by atoms with van der Waals surface area (Å²) in [5.74, 6) is 1.55. The molecule has 0 radical (unpaired) electrons. The van der Waals surface area contributed by atoms with E-state index in [1.807, 2.05) is 0 Å². The van der Waals surface area contributed by atoms with E-state index < -0.39 is 16.6 Å². The minimum absolute atomic E-state index is 0.773. The van der Waals surface area contributed by atoms with Gasteiger partial charge in [0.15, 0.2) is 16.6 Å². The van der Waals surface area contributed by atoms with Crippen LogP contribution in [0.5, 0.6) is 0 Å². The molecule has 0 fully saturated rings. The lowest BCUT2D eigenvalue weighted by atomic mass is 10.0. The summed E-state index contributed by atoms with van der Waals surface area (Å²) in [4.78, 5) is 0. The third kappa shape index (κ3) is 9.82. The minimum atomic E-state index is -1.43. The molecular weight excluding hydrogens is 268 g/mol. The fourth-order valence-corrected chi connectivity index (χ4v) is 8.92. The molecule has 0 spiro atoms. The van der Waals surface area contributed by atoms with Gasteiger partial charge in [-0.1, -0.05) is 13.8 Å². The third-order valence-electron chi connectivity index (χ3n) is 3.55. The van der Waals surface area contributed by atoms with Crippen molar-refractivity contribution < 1.29 is 8.85 Å². The second-order valence-electron chi connectivity index (χ2n) is 7.24. The SMILES string of the molecule is CCO[Si](C)(C)CC(C)CC(C)C[Si](C)(C)OCC. The molecule has 0 aliphatic heterocycles.